The molecule has 0 radical (unpaired) electrons. The predicted octanol–water partition coefficient (Wildman–Crippen LogP) is 8.21. The van der Waals surface area contributed by atoms with Crippen molar-refractivity contribution in [2.24, 2.45) is 9.98 Å². The molecule has 0 aliphatic heterocycles. The summed E-state index contributed by atoms with van der Waals surface area (Å²) >= 11 is 0. The summed E-state index contributed by atoms with van der Waals surface area (Å²) in [6, 6.07) is 15.4. The molecule has 2 aromatic rings. The van der Waals surface area contributed by atoms with Crippen molar-refractivity contribution in [3.8, 4) is 11.5 Å². The van der Waals surface area contributed by atoms with Crippen molar-refractivity contribution >= 4 is 36.3 Å². The molecule has 0 bridgehead atoms. The van der Waals surface area contributed by atoms with Crippen molar-refractivity contribution in [3.63, 3.8) is 0 Å². The van der Waals surface area contributed by atoms with Crippen molar-refractivity contribution < 1.29 is 47.6 Å². The lowest BCUT2D eigenvalue weighted by Crippen LogP contribution is -2.47. The minimum Gasteiger partial charge on any atom is -0.494 e. The van der Waals surface area contributed by atoms with E-state index in [-0.39, 0.29) is 25.0 Å². The molecule has 0 aliphatic carbocycles. The molecule has 0 atom stereocenters. The number of nitrogens with one attached hydrogen (secondary N) is 4. The van der Waals surface area contributed by atoms with E-state index in [9.17, 15) is 19.2 Å². The lowest BCUT2D eigenvalue weighted by molar-refractivity contribution is 0.0521. The summed E-state index contributed by atoms with van der Waals surface area (Å²) in [5.41, 5.74) is -0.884. The molecule has 59 heavy (non-hydrogen) atoms. The second-order valence-corrected chi connectivity index (χ2v) is 17.5. The van der Waals surface area contributed by atoms with E-state index in [4.69, 9.17) is 28.4 Å². The van der Waals surface area contributed by atoms with Gasteiger partial charge in [-0.25, -0.2) is 19.2 Å². The van der Waals surface area contributed by atoms with E-state index in [2.05, 4.69) is 31.3 Å². The molecule has 0 heterocycles. The van der Waals surface area contributed by atoms with Crippen LogP contribution in [0.25, 0.3) is 0 Å². The topological polar surface area (TPSA) is 196 Å². The van der Waals surface area contributed by atoms with Gasteiger partial charge in [0.25, 0.3) is 0 Å². The highest BCUT2D eigenvalue weighted by atomic mass is 16.6. The minimum absolute atomic E-state index is 0.0612. The van der Waals surface area contributed by atoms with Crippen LogP contribution in [0.15, 0.2) is 58.5 Å². The Balaban J connectivity index is 1.75. The first-order chi connectivity index (χ1) is 27.3. The van der Waals surface area contributed by atoms with E-state index < -0.39 is 46.8 Å². The van der Waals surface area contributed by atoms with Crippen molar-refractivity contribution in [2.75, 3.05) is 26.3 Å². The monoisotopic (exact) mass is 826 g/mol. The third-order valence-electron chi connectivity index (χ3n) is 6.99. The zero-order valence-electron chi connectivity index (χ0n) is 37.0. The Bertz CT molecular complexity index is 1510. The smallest absolute Gasteiger partial charge is 0.414 e. The molecule has 0 unspecified atom stereocenters. The minimum atomic E-state index is -0.743. The molecule has 4 amide bonds. The van der Waals surface area contributed by atoms with Crippen molar-refractivity contribution in [2.45, 2.75) is 138 Å². The number of unbranched alkanes of at least 4 members (excludes halogenated alkanes) is 2. The lowest BCUT2D eigenvalue weighted by atomic mass is 10.1. The van der Waals surface area contributed by atoms with Crippen molar-refractivity contribution in [3.05, 3.63) is 59.7 Å². The van der Waals surface area contributed by atoms with Crippen LogP contribution in [0.4, 0.5) is 19.2 Å². The van der Waals surface area contributed by atoms with Crippen molar-refractivity contribution in [1.29, 1.82) is 0 Å². The van der Waals surface area contributed by atoms with Gasteiger partial charge in [-0.3, -0.25) is 31.3 Å². The van der Waals surface area contributed by atoms with Gasteiger partial charge in [0, 0.05) is 13.1 Å². The Hall–Kier alpha value is -5.54. The van der Waals surface area contributed by atoms with Gasteiger partial charge in [0.05, 0.1) is 13.2 Å². The number of guanidine groups is 2. The fraction of sp³-hybridized carbons (Fsp3) is 0.581. The Labute approximate surface area is 349 Å². The number of rotatable bonds is 14. The standard InChI is InChI=1S/C43H66N6O10/c1-40(2,3)56-36(50)46-34(47-37(51)57-41(4,5)6)44-26-24-30-16-20-32(21-17-30)54-28-14-13-15-29-55-33-22-18-31(19-23-33)25-27-45-35(48-38(52)58-42(7,8)9)49-39(53)59-43(10,11)12/h16-23H,13-15,24-29H2,1-12H3,(H2,44,46,47,50,51)(H2,45,48,49,52,53). The maximum atomic E-state index is 12.3. The van der Waals surface area contributed by atoms with Crippen LogP contribution in [0.1, 0.15) is 113 Å². The molecule has 4 N–H and O–H groups in total. The molecule has 0 fully saturated rings. The van der Waals surface area contributed by atoms with Crippen LogP contribution in [0.5, 0.6) is 11.5 Å². The van der Waals surface area contributed by atoms with Crippen LogP contribution >= 0.6 is 0 Å². The zero-order valence-corrected chi connectivity index (χ0v) is 37.0. The molecule has 0 aliphatic rings. The maximum absolute atomic E-state index is 12.3. The first-order valence-corrected chi connectivity index (χ1v) is 19.9. The Morgan fingerprint density at radius 1 is 0.441 bits per heavy atom. The van der Waals surface area contributed by atoms with E-state index in [0.717, 1.165) is 41.9 Å². The summed E-state index contributed by atoms with van der Waals surface area (Å²) in [7, 11) is 0. The first kappa shape index (κ1) is 49.6. The lowest BCUT2D eigenvalue weighted by Gasteiger charge is -2.22. The highest BCUT2D eigenvalue weighted by Crippen LogP contribution is 2.16. The average Bonchev–Trinajstić information content (AvgIpc) is 3.05. The summed E-state index contributed by atoms with van der Waals surface area (Å²) in [6.07, 6.45) is 0.799. The predicted molar refractivity (Wildman–Crippen MR) is 227 cm³/mol. The molecule has 0 aromatic heterocycles. The molecule has 2 aromatic carbocycles. The van der Waals surface area contributed by atoms with Gasteiger partial charge in [0.2, 0.25) is 11.9 Å². The number of carbonyl (C=O) groups excluding carboxylic acids is 4. The van der Waals surface area contributed by atoms with Crippen LogP contribution in [-0.2, 0) is 31.8 Å². The van der Waals surface area contributed by atoms with Crippen molar-refractivity contribution in [1.82, 2.24) is 21.3 Å². The summed E-state index contributed by atoms with van der Waals surface area (Å²) in [4.78, 5) is 58.0. The summed E-state index contributed by atoms with van der Waals surface area (Å²) in [6.45, 7) is 22.6. The van der Waals surface area contributed by atoms with E-state index in [1.165, 1.54) is 0 Å². The molecule has 16 heteroatoms. The van der Waals surface area contributed by atoms with Gasteiger partial charge in [0.1, 0.15) is 33.9 Å². The zero-order chi connectivity index (χ0) is 44.3. The highest BCUT2D eigenvalue weighted by molar-refractivity contribution is 6.02. The van der Waals surface area contributed by atoms with Gasteiger partial charge in [-0.1, -0.05) is 24.3 Å². The summed E-state index contributed by atoms with van der Waals surface area (Å²) < 4.78 is 33.0. The largest absolute Gasteiger partial charge is 0.494 e. The Morgan fingerprint density at radius 2 is 0.712 bits per heavy atom. The molecule has 16 nitrogen and oxygen atoms in total. The normalized spacial score (nSPS) is 11.6. The quantitative estimate of drug-likeness (QED) is 0.0624. The number of amides is 4. The van der Waals surface area contributed by atoms with Crippen LogP contribution in [0.3, 0.4) is 0 Å². The fourth-order valence-electron chi connectivity index (χ4n) is 4.68. The molecule has 2 rings (SSSR count). The number of hydrogen-bond acceptors (Lipinski definition) is 12. The summed E-state index contributed by atoms with van der Waals surface area (Å²) in [5, 5.41) is 9.94. The number of benzene rings is 2. The van der Waals surface area contributed by atoms with Gasteiger partial charge >= 0.3 is 24.4 Å². The van der Waals surface area contributed by atoms with Gasteiger partial charge in [-0.2, -0.15) is 0 Å². The highest BCUT2D eigenvalue weighted by Gasteiger charge is 2.23. The second kappa shape index (κ2) is 23.2. The van der Waals surface area contributed by atoms with Gasteiger partial charge in [-0.05, 0) is 151 Å². The van der Waals surface area contributed by atoms with E-state index >= 15 is 0 Å². The molecule has 328 valence electrons. The van der Waals surface area contributed by atoms with Gasteiger partial charge in [-0.15, -0.1) is 0 Å². The SMILES string of the molecule is CC(C)(C)OC(=O)NC(=NCCc1ccc(OCCCCCOc2ccc(CCN=C(NC(=O)OC(C)(C)C)NC(=O)OC(C)(C)C)cc2)cc1)NC(=O)OC(C)(C)C. The molecule has 0 saturated heterocycles. The van der Waals surface area contributed by atoms with Crippen LogP contribution in [0, 0.1) is 0 Å². The van der Waals surface area contributed by atoms with Crippen LogP contribution in [-0.4, -0.2) is 85.0 Å². The Morgan fingerprint density at radius 3 is 0.966 bits per heavy atom. The molecule has 0 spiro atoms. The molecular formula is C43H66N6O10. The number of aliphatic imine (C=N–C) groups is 2. The third-order valence-corrected chi connectivity index (χ3v) is 6.99. The number of carbonyl (C=O) groups is 4. The maximum Gasteiger partial charge on any atom is 0.414 e. The van der Waals surface area contributed by atoms with E-state index in [1.807, 2.05) is 48.5 Å². The molecule has 0 saturated carbocycles. The van der Waals surface area contributed by atoms with Crippen LogP contribution < -0.4 is 30.7 Å². The number of alkyl carbamates (subject to hydrolysis) is 4. The Kier molecular flexibility index (Phi) is 19.5. The fourth-order valence-corrected chi connectivity index (χ4v) is 4.68. The number of ether oxygens (including phenoxy) is 6. The number of nitrogens with zero attached hydrogens (tertiary/aromatic N) is 2. The first-order valence-electron chi connectivity index (χ1n) is 19.9. The average molecular weight is 827 g/mol. The van der Waals surface area contributed by atoms with Gasteiger partial charge < -0.3 is 28.4 Å². The number of hydrogen-bond donors (Lipinski definition) is 4. The van der Waals surface area contributed by atoms with E-state index in [0.29, 0.717) is 26.1 Å². The second-order valence-electron chi connectivity index (χ2n) is 17.5. The van der Waals surface area contributed by atoms with Gasteiger partial charge in [0.15, 0.2) is 0 Å². The third kappa shape index (κ3) is 25.4. The molecular weight excluding hydrogens is 761 g/mol. The van der Waals surface area contributed by atoms with E-state index in [1.54, 1.807) is 83.1 Å². The van der Waals surface area contributed by atoms with Crippen LogP contribution in [0.2, 0.25) is 0 Å². The summed E-state index contributed by atoms with van der Waals surface area (Å²) in [5.74, 6) is 1.39.